The fraction of sp³-hybridized carbons (Fsp3) is 0.375. The number of ketones is 2. The van der Waals surface area contributed by atoms with Crippen molar-refractivity contribution in [2.75, 3.05) is 6.79 Å². The van der Waals surface area contributed by atoms with Crippen molar-refractivity contribution in [1.82, 2.24) is 0 Å². The van der Waals surface area contributed by atoms with Crippen LogP contribution in [0.25, 0.3) is 0 Å². The normalized spacial score (nSPS) is 19.5. The molecule has 1 fully saturated rings. The molecular weight excluding hydrogens is 318 g/mol. The number of aliphatic hydroxyl groups excluding tert-OH is 1. The third-order valence-corrected chi connectivity index (χ3v) is 4.20. The zero-order valence-electron chi connectivity index (χ0n) is 12.9. The highest BCUT2D eigenvalue weighted by Gasteiger charge is 2.37. The van der Waals surface area contributed by atoms with E-state index in [9.17, 15) is 24.8 Å². The average Bonchev–Trinajstić information content (AvgIpc) is 2.99. The Labute approximate surface area is 136 Å². The molecule has 3 rings (SSSR count). The highest BCUT2D eigenvalue weighted by molar-refractivity contribution is 6.22. The van der Waals surface area contributed by atoms with Gasteiger partial charge in [0, 0.05) is 30.7 Å². The number of ether oxygens (including phenoxy) is 2. The quantitative estimate of drug-likeness (QED) is 0.297. The molecule has 1 N–H and O–H groups in total. The number of nitrogens with zero attached hydrogens (tertiary/aromatic N) is 1. The third-order valence-electron chi connectivity index (χ3n) is 4.20. The van der Waals surface area contributed by atoms with Gasteiger partial charge in [0.2, 0.25) is 6.79 Å². The van der Waals surface area contributed by atoms with Gasteiger partial charge in [0.05, 0.1) is 16.6 Å². The summed E-state index contributed by atoms with van der Waals surface area (Å²) in [6.07, 6.45) is 0.0267. The number of aliphatic hydroxyl groups is 1. The Morgan fingerprint density at radius 3 is 2.38 bits per heavy atom. The number of hydrogen-bond acceptors (Lipinski definition) is 7. The van der Waals surface area contributed by atoms with Crippen LogP contribution in [-0.4, -0.2) is 28.4 Å². The third kappa shape index (κ3) is 2.60. The summed E-state index contributed by atoms with van der Waals surface area (Å²) >= 11 is 0. The van der Waals surface area contributed by atoms with Crippen molar-refractivity contribution in [1.29, 1.82) is 0 Å². The number of rotatable bonds is 3. The van der Waals surface area contributed by atoms with Gasteiger partial charge in [-0.1, -0.05) is 6.92 Å². The molecule has 2 aliphatic rings. The minimum atomic E-state index is -0.631. The predicted octanol–water partition coefficient (Wildman–Crippen LogP) is 2.56. The summed E-state index contributed by atoms with van der Waals surface area (Å²) in [5, 5.41) is 21.1. The summed E-state index contributed by atoms with van der Waals surface area (Å²) in [6, 6.07) is 2.71. The number of nitro groups is 1. The zero-order valence-corrected chi connectivity index (χ0v) is 12.9. The lowest BCUT2D eigenvalue weighted by molar-refractivity contribution is -0.385. The molecule has 1 aromatic carbocycles. The molecule has 1 heterocycles. The molecule has 1 aromatic rings. The van der Waals surface area contributed by atoms with E-state index in [1.165, 1.54) is 12.1 Å². The minimum absolute atomic E-state index is 0.0320. The first-order valence-electron chi connectivity index (χ1n) is 7.48. The Morgan fingerprint density at radius 2 is 1.83 bits per heavy atom. The van der Waals surface area contributed by atoms with E-state index < -0.39 is 22.4 Å². The predicted molar refractivity (Wildman–Crippen MR) is 81.2 cm³/mol. The van der Waals surface area contributed by atoms with E-state index in [1.54, 1.807) is 6.92 Å². The monoisotopic (exact) mass is 333 g/mol. The van der Waals surface area contributed by atoms with Crippen molar-refractivity contribution in [3.8, 4) is 11.5 Å². The number of hydrogen-bond donors (Lipinski definition) is 1. The van der Waals surface area contributed by atoms with Crippen LogP contribution in [0, 0.1) is 10.1 Å². The number of carbonyl (C=O) groups is 2. The van der Waals surface area contributed by atoms with Gasteiger partial charge in [-0.3, -0.25) is 19.7 Å². The van der Waals surface area contributed by atoms with E-state index >= 15 is 0 Å². The van der Waals surface area contributed by atoms with Crippen molar-refractivity contribution < 1.29 is 29.1 Å². The first-order chi connectivity index (χ1) is 11.4. The van der Waals surface area contributed by atoms with Crippen LogP contribution in [-0.2, 0) is 9.59 Å². The second kappa shape index (κ2) is 5.95. The van der Waals surface area contributed by atoms with E-state index in [-0.39, 0.29) is 54.4 Å². The van der Waals surface area contributed by atoms with Crippen molar-refractivity contribution in [3.05, 3.63) is 39.1 Å². The van der Waals surface area contributed by atoms with E-state index in [0.29, 0.717) is 5.75 Å². The van der Waals surface area contributed by atoms with Crippen molar-refractivity contribution in [3.63, 3.8) is 0 Å². The number of fused-ring (bicyclic) bond motifs is 1. The number of nitro benzene ring substituents is 1. The average molecular weight is 333 g/mol. The van der Waals surface area contributed by atoms with Gasteiger partial charge in [0.1, 0.15) is 5.76 Å². The molecular formula is C16H15NO7. The summed E-state index contributed by atoms with van der Waals surface area (Å²) in [5.41, 5.74) is -0.130. The van der Waals surface area contributed by atoms with E-state index in [4.69, 9.17) is 9.47 Å². The fourth-order valence-electron chi connectivity index (χ4n) is 3.03. The second-order valence-electron chi connectivity index (χ2n) is 5.65. The molecule has 0 saturated heterocycles. The van der Waals surface area contributed by atoms with Crippen LogP contribution in [0.5, 0.6) is 11.5 Å². The van der Waals surface area contributed by atoms with Gasteiger partial charge in [0.15, 0.2) is 23.1 Å². The molecule has 1 aliphatic carbocycles. The molecule has 1 saturated carbocycles. The first kappa shape index (κ1) is 16.0. The highest BCUT2D eigenvalue weighted by atomic mass is 16.7. The molecule has 0 bridgehead atoms. The topological polar surface area (TPSA) is 116 Å². The molecule has 1 aliphatic heterocycles. The molecule has 0 atom stereocenters. The van der Waals surface area contributed by atoms with Crippen LogP contribution in [0.15, 0.2) is 23.5 Å². The number of benzene rings is 1. The highest BCUT2D eigenvalue weighted by Crippen LogP contribution is 2.44. The minimum Gasteiger partial charge on any atom is -0.511 e. The number of carbonyl (C=O) groups excluding carboxylic acids is 2. The van der Waals surface area contributed by atoms with Gasteiger partial charge >= 0.3 is 0 Å². The Hall–Kier alpha value is -2.90. The summed E-state index contributed by atoms with van der Waals surface area (Å²) in [7, 11) is 0. The van der Waals surface area contributed by atoms with Crippen LogP contribution in [0.1, 0.15) is 37.7 Å². The summed E-state index contributed by atoms with van der Waals surface area (Å²) in [6.45, 7) is 1.60. The SMILES string of the molecule is CCC(O)=C1C(=O)CC(c2cc3c(cc2[N+](=O)[O-])OCO3)CC1=O. The van der Waals surface area contributed by atoms with Crippen LogP contribution in [0.2, 0.25) is 0 Å². The van der Waals surface area contributed by atoms with Gasteiger partial charge in [-0.2, -0.15) is 0 Å². The van der Waals surface area contributed by atoms with Gasteiger partial charge in [-0.15, -0.1) is 0 Å². The molecule has 0 unspecified atom stereocenters. The maximum Gasteiger partial charge on any atom is 0.276 e. The largest absolute Gasteiger partial charge is 0.511 e. The molecule has 0 radical (unpaired) electrons. The maximum atomic E-state index is 12.2. The van der Waals surface area contributed by atoms with Crippen LogP contribution in [0.4, 0.5) is 5.69 Å². The molecule has 0 spiro atoms. The van der Waals surface area contributed by atoms with E-state index in [1.807, 2.05) is 0 Å². The smallest absolute Gasteiger partial charge is 0.276 e. The first-order valence-corrected chi connectivity index (χ1v) is 7.48. The summed E-state index contributed by atoms with van der Waals surface area (Å²) in [4.78, 5) is 35.2. The Balaban J connectivity index is 2.01. The zero-order chi connectivity index (χ0) is 17.4. The maximum absolute atomic E-state index is 12.2. The van der Waals surface area contributed by atoms with Gasteiger partial charge < -0.3 is 14.6 Å². The van der Waals surface area contributed by atoms with E-state index in [0.717, 1.165) is 0 Å². The van der Waals surface area contributed by atoms with Crippen molar-refractivity contribution >= 4 is 17.3 Å². The second-order valence-corrected chi connectivity index (χ2v) is 5.65. The lowest BCUT2D eigenvalue weighted by Gasteiger charge is -2.23. The Kier molecular flexibility index (Phi) is 3.96. The molecule has 126 valence electrons. The summed E-state index contributed by atoms with van der Waals surface area (Å²) in [5.74, 6) is -1.24. The van der Waals surface area contributed by atoms with Crippen LogP contribution < -0.4 is 9.47 Å². The Bertz CT molecular complexity index is 761. The van der Waals surface area contributed by atoms with Crippen LogP contribution >= 0.6 is 0 Å². The standard InChI is InChI=1S/C16H15NO7/c1-2-11(18)16-12(19)3-8(4-13(16)20)9-5-14-15(24-7-23-14)6-10(9)17(21)22/h5-6,8,18H,2-4,7H2,1H3. The molecule has 24 heavy (non-hydrogen) atoms. The van der Waals surface area contributed by atoms with Gasteiger partial charge in [0.25, 0.3) is 5.69 Å². The lowest BCUT2D eigenvalue weighted by Crippen LogP contribution is -2.26. The van der Waals surface area contributed by atoms with Crippen molar-refractivity contribution in [2.24, 2.45) is 0 Å². The molecule has 0 aromatic heterocycles. The molecule has 0 amide bonds. The Morgan fingerprint density at radius 1 is 1.25 bits per heavy atom. The number of allylic oxidation sites excluding steroid dienone is 2. The van der Waals surface area contributed by atoms with Gasteiger partial charge in [-0.25, -0.2) is 0 Å². The van der Waals surface area contributed by atoms with E-state index in [2.05, 4.69) is 0 Å². The van der Waals surface area contributed by atoms with Crippen LogP contribution in [0.3, 0.4) is 0 Å². The molecule has 8 nitrogen and oxygen atoms in total. The van der Waals surface area contributed by atoms with Gasteiger partial charge in [-0.05, 0) is 6.07 Å². The van der Waals surface area contributed by atoms with Crippen molar-refractivity contribution in [2.45, 2.75) is 32.1 Å². The fourth-order valence-corrected chi connectivity index (χ4v) is 3.03. The summed E-state index contributed by atoms with van der Waals surface area (Å²) < 4.78 is 10.4. The number of Topliss-reactive ketones (excluding diaryl/α,β-unsaturated/α-hetero) is 2. The molecule has 8 heteroatoms. The lowest BCUT2D eigenvalue weighted by atomic mass is 9.78.